The number of rotatable bonds is 0. The van der Waals surface area contributed by atoms with Gasteiger partial charge in [-0.1, -0.05) is 0 Å². The zero-order chi connectivity index (χ0) is 0. The van der Waals surface area contributed by atoms with Crippen LogP contribution < -0.4 is 62.5 Å². The van der Waals surface area contributed by atoms with Crippen LogP contribution in [0.2, 0.25) is 0 Å². The molecule has 0 aliphatic heterocycles. The predicted octanol–water partition coefficient (Wildman–Crippen LogP) is -12.0. The van der Waals surface area contributed by atoms with E-state index in [1.165, 1.54) is 0 Å². The van der Waals surface area contributed by atoms with Crippen LogP contribution in [0, 0.1) is 35.6 Å². The number of hydrogen-bond donors (Lipinski definition) is 0. The molecule has 0 saturated heterocycles. The van der Waals surface area contributed by atoms with Crippen molar-refractivity contribution in [1.29, 1.82) is 0 Å². The second-order valence-electron chi connectivity index (χ2n) is 0. The van der Waals surface area contributed by atoms with Gasteiger partial charge >= 0.3 is 73.3 Å². The van der Waals surface area contributed by atoms with Crippen molar-refractivity contribution in [3.05, 3.63) is 0 Å². The Morgan fingerprint density at radius 1 is 0.600 bits per heavy atom. The number of halogens is 2. The summed E-state index contributed by atoms with van der Waals surface area (Å²) in [7, 11) is 0. The Bertz CT molecular complexity index is 7.61. The average Bonchev–Trinajstić information content (AvgIpc) is 0. The van der Waals surface area contributed by atoms with Gasteiger partial charge in [0.05, 0.1) is 0 Å². The molecule has 0 spiro atoms. The molecule has 0 aliphatic rings. The van der Waals surface area contributed by atoms with Crippen LogP contribution in [0.4, 0.5) is 0 Å². The summed E-state index contributed by atoms with van der Waals surface area (Å²) < 4.78 is 0. The van der Waals surface area contributed by atoms with Crippen molar-refractivity contribution in [3.63, 3.8) is 0 Å². The molecule has 5 heteroatoms. The van der Waals surface area contributed by atoms with E-state index in [0.29, 0.717) is 0 Å². The third-order valence-corrected chi connectivity index (χ3v) is 0. The van der Waals surface area contributed by atoms with Crippen molar-refractivity contribution in [1.82, 2.24) is 0 Å². The molecule has 0 heterocycles. The zero-order valence-electron chi connectivity index (χ0n) is 3.33. The Morgan fingerprint density at radius 2 is 0.600 bits per heavy atom. The van der Waals surface area contributed by atoms with Gasteiger partial charge in [0.25, 0.3) is 0 Å². The molecular weight excluding hydrogens is 224 g/mol. The number of hydrogen-bond acceptors (Lipinski definition) is 0. The summed E-state index contributed by atoms with van der Waals surface area (Å²) in [6.45, 7) is 0. The molecule has 0 nitrogen and oxygen atoms in total. The summed E-state index contributed by atoms with van der Waals surface area (Å²) in [4.78, 5) is 0. The second kappa shape index (κ2) is 28.2. The average molecular weight is 224 g/mol. The van der Waals surface area contributed by atoms with Crippen LogP contribution in [-0.2, 0) is 0 Å². The van der Waals surface area contributed by atoms with Gasteiger partial charge in [0.2, 0.25) is 0 Å². The summed E-state index contributed by atoms with van der Waals surface area (Å²) in [6, 6.07) is 0. The second-order valence-corrected chi connectivity index (χ2v) is 0. The standard InChI is InChI=1S/2ClH.La.2Li/h2*1H;;;/q;;+3;2*+1/p-2. The molecule has 0 radical (unpaired) electrons. The van der Waals surface area contributed by atoms with Gasteiger partial charge in [-0.15, -0.1) is 0 Å². The summed E-state index contributed by atoms with van der Waals surface area (Å²) in [5.41, 5.74) is 0. The van der Waals surface area contributed by atoms with Crippen molar-refractivity contribution in [2.75, 3.05) is 0 Å². The molecule has 0 rings (SSSR count). The summed E-state index contributed by atoms with van der Waals surface area (Å²) in [6.07, 6.45) is 0. The Balaban J connectivity index is 0. The van der Waals surface area contributed by atoms with E-state index in [9.17, 15) is 0 Å². The molecule has 0 atom stereocenters. The van der Waals surface area contributed by atoms with Crippen LogP contribution in [0.3, 0.4) is 0 Å². The summed E-state index contributed by atoms with van der Waals surface area (Å²) >= 11 is 0. The fourth-order valence-corrected chi connectivity index (χ4v) is 0. The van der Waals surface area contributed by atoms with Crippen LogP contribution in [0.25, 0.3) is 0 Å². The van der Waals surface area contributed by atoms with E-state index >= 15 is 0 Å². The SMILES string of the molecule is [Cl-].[Cl-].[La+3].[Li+].[Li+]. The van der Waals surface area contributed by atoms with E-state index in [-0.39, 0.29) is 98.1 Å². The third-order valence-electron chi connectivity index (χ3n) is 0. The smallest absolute Gasteiger partial charge is 1.00 e. The van der Waals surface area contributed by atoms with Crippen LogP contribution in [0.5, 0.6) is 0 Å². The van der Waals surface area contributed by atoms with E-state index in [1.807, 2.05) is 0 Å². The van der Waals surface area contributed by atoms with Crippen molar-refractivity contribution < 1.29 is 98.1 Å². The van der Waals surface area contributed by atoms with Crippen LogP contribution >= 0.6 is 0 Å². The maximum Gasteiger partial charge on any atom is 3.00 e. The molecule has 5 heavy (non-hydrogen) atoms. The maximum atomic E-state index is 0. The molecular formula is Cl2LaLi2+3. The van der Waals surface area contributed by atoms with Gasteiger partial charge in [-0.25, -0.2) is 0 Å². The minimum absolute atomic E-state index is 0. The summed E-state index contributed by atoms with van der Waals surface area (Å²) in [5, 5.41) is 0. The quantitative estimate of drug-likeness (QED) is 0.358. The van der Waals surface area contributed by atoms with Gasteiger partial charge in [0.15, 0.2) is 0 Å². The fraction of sp³-hybridized carbons (Fsp3) is 0. The van der Waals surface area contributed by atoms with Crippen LogP contribution in [0.1, 0.15) is 0 Å². The van der Waals surface area contributed by atoms with E-state index in [0.717, 1.165) is 0 Å². The van der Waals surface area contributed by atoms with Crippen molar-refractivity contribution in [2.24, 2.45) is 0 Å². The fourth-order valence-electron chi connectivity index (χ4n) is 0. The first-order valence-electron chi connectivity index (χ1n) is 0. The minimum Gasteiger partial charge on any atom is -1.00 e. The molecule has 16 valence electrons. The van der Waals surface area contributed by atoms with Gasteiger partial charge in [-0.3, -0.25) is 0 Å². The van der Waals surface area contributed by atoms with Gasteiger partial charge in [-0.05, 0) is 0 Å². The molecule has 0 bridgehead atoms. The van der Waals surface area contributed by atoms with E-state index in [4.69, 9.17) is 0 Å². The van der Waals surface area contributed by atoms with E-state index in [1.54, 1.807) is 0 Å². The maximum absolute atomic E-state index is 0. The topological polar surface area (TPSA) is 0 Å². The monoisotopic (exact) mass is 223 g/mol. The molecule has 0 aliphatic carbocycles. The normalized spacial score (nSPS) is 0. The minimum atomic E-state index is 0. The molecule has 0 aromatic carbocycles. The Hall–Kier alpha value is 2.97. The van der Waals surface area contributed by atoms with Gasteiger partial charge < -0.3 is 24.8 Å². The van der Waals surface area contributed by atoms with Crippen molar-refractivity contribution in [3.8, 4) is 0 Å². The zero-order valence-corrected chi connectivity index (χ0v) is 8.47. The largest absolute Gasteiger partial charge is 3.00 e. The molecule has 0 N–H and O–H groups in total. The van der Waals surface area contributed by atoms with Crippen molar-refractivity contribution in [2.45, 2.75) is 0 Å². The first-order valence-corrected chi connectivity index (χ1v) is 0. The third kappa shape index (κ3) is 19.5. The molecule has 0 amide bonds. The first kappa shape index (κ1) is 43.9. The molecule has 0 fully saturated rings. The van der Waals surface area contributed by atoms with Gasteiger partial charge in [0, 0.05) is 0 Å². The van der Waals surface area contributed by atoms with E-state index < -0.39 is 0 Å². The summed E-state index contributed by atoms with van der Waals surface area (Å²) in [5.74, 6) is 0. The Kier molecular flexibility index (Phi) is 247. The molecule has 0 aromatic rings. The van der Waals surface area contributed by atoms with Crippen molar-refractivity contribution >= 4 is 0 Å². The van der Waals surface area contributed by atoms with Crippen LogP contribution in [0.15, 0.2) is 0 Å². The molecule has 0 aromatic heterocycles. The molecule has 0 unspecified atom stereocenters. The Labute approximate surface area is 96.4 Å². The van der Waals surface area contributed by atoms with Crippen LogP contribution in [-0.4, -0.2) is 0 Å². The van der Waals surface area contributed by atoms with Gasteiger partial charge in [-0.2, -0.15) is 0 Å². The van der Waals surface area contributed by atoms with Gasteiger partial charge in [0.1, 0.15) is 0 Å². The predicted molar refractivity (Wildman–Crippen MR) is 0 cm³/mol. The Morgan fingerprint density at radius 3 is 0.600 bits per heavy atom. The molecule has 0 saturated carbocycles. The van der Waals surface area contributed by atoms with E-state index in [2.05, 4.69) is 0 Å². The first-order chi connectivity index (χ1) is 0.